The van der Waals surface area contributed by atoms with Crippen LogP contribution < -0.4 is 5.56 Å². The topological polar surface area (TPSA) is 51.4 Å². The number of hydrogen-bond acceptors (Lipinski definition) is 3. The van der Waals surface area contributed by atoms with Gasteiger partial charge < -0.3 is 0 Å². The van der Waals surface area contributed by atoms with Crippen molar-refractivity contribution >= 4 is 11.9 Å². The van der Waals surface area contributed by atoms with Gasteiger partial charge in [0, 0.05) is 6.20 Å². The van der Waals surface area contributed by atoms with Gasteiger partial charge in [0.2, 0.25) is 0 Å². The van der Waals surface area contributed by atoms with E-state index in [4.69, 9.17) is 0 Å². The highest BCUT2D eigenvalue weighted by molar-refractivity contribution is 5.76. The summed E-state index contributed by atoms with van der Waals surface area (Å²) in [7, 11) is 0. The molecule has 0 atom stereocenters. The Labute approximate surface area is 79.8 Å². The van der Waals surface area contributed by atoms with Crippen LogP contribution in [-0.2, 0) is 0 Å². The van der Waals surface area contributed by atoms with E-state index in [1.807, 2.05) is 0 Å². The highest BCUT2D eigenvalue weighted by Gasteiger charge is 2.06. The van der Waals surface area contributed by atoms with E-state index >= 15 is 0 Å². The van der Waals surface area contributed by atoms with Crippen LogP contribution in [0.4, 0.5) is 0 Å². The summed E-state index contributed by atoms with van der Waals surface area (Å²) in [6.45, 7) is 1.65. The first kappa shape index (κ1) is 8.62. The molecule has 0 saturated heterocycles. The van der Waals surface area contributed by atoms with Gasteiger partial charge in [-0.3, -0.25) is 14.0 Å². The Morgan fingerprint density at radius 1 is 1.43 bits per heavy atom. The Kier molecular flexibility index (Phi) is 1.89. The molecule has 70 valence electrons. The lowest BCUT2D eigenvalue weighted by atomic mass is 10.2. The fourth-order valence-corrected chi connectivity index (χ4v) is 1.35. The number of pyridine rings is 1. The summed E-state index contributed by atoms with van der Waals surface area (Å²) in [4.78, 5) is 26.4. The second-order valence-corrected chi connectivity index (χ2v) is 2.96. The molecule has 0 aromatic carbocycles. The molecule has 0 amide bonds. The lowest BCUT2D eigenvalue weighted by molar-refractivity contribution is 0.112. The van der Waals surface area contributed by atoms with Crippen molar-refractivity contribution in [1.82, 2.24) is 9.38 Å². The monoisotopic (exact) mass is 188 g/mol. The van der Waals surface area contributed by atoms with Gasteiger partial charge in [-0.2, -0.15) is 0 Å². The second-order valence-electron chi connectivity index (χ2n) is 2.96. The average molecular weight is 188 g/mol. The normalized spacial score (nSPS) is 10.4. The molecular weight excluding hydrogens is 180 g/mol. The zero-order chi connectivity index (χ0) is 10.1. The number of aldehydes is 1. The molecule has 0 spiro atoms. The van der Waals surface area contributed by atoms with Crippen molar-refractivity contribution in [2.24, 2.45) is 0 Å². The van der Waals surface area contributed by atoms with Gasteiger partial charge >= 0.3 is 0 Å². The molecule has 2 aromatic heterocycles. The molecule has 0 unspecified atom stereocenters. The number of nitrogens with zero attached hydrogens (tertiary/aromatic N) is 2. The zero-order valence-electron chi connectivity index (χ0n) is 7.60. The van der Waals surface area contributed by atoms with Crippen molar-refractivity contribution in [3.8, 4) is 0 Å². The van der Waals surface area contributed by atoms with Crippen LogP contribution >= 0.6 is 0 Å². The number of carbonyl (C=O) groups excluding carboxylic acids is 1. The molecule has 4 heteroatoms. The van der Waals surface area contributed by atoms with Gasteiger partial charge in [0.25, 0.3) is 5.56 Å². The van der Waals surface area contributed by atoms with E-state index in [9.17, 15) is 9.59 Å². The van der Waals surface area contributed by atoms with Gasteiger partial charge in [-0.1, -0.05) is 6.07 Å². The maximum absolute atomic E-state index is 11.7. The van der Waals surface area contributed by atoms with E-state index < -0.39 is 0 Å². The predicted octanol–water partition coefficient (Wildman–Crippen LogP) is 0.815. The van der Waals surface area contributed by atoms with Crippen LogP contribution in [-0.4, -0.2) is 15.7 Å². The van der Waals surface area contributed by atoms with E-state index in [0.29, 0.717) is 17.6 Å². The standard InChI is InChI=1S/C10H8N2O2/c1-7-8(6-13)10(14)12-5-3-2-4-9(12)11-7/h2-6H,1H3. The first-order valence-corrected chi connectivity index (χ1v) is 4.17. The Hall–Kier alpha value is -1.97. The van der Waals surface area contributed by atoms with Gasteiger partial charge in [-0.05, 0) is 19.1 Å². The van der Waals surface area contributed by atoms with Gasteiger partial charge in [0.1, 0.15) is 11.2 Å². The van der Waals surface area contributed by atoms with Crippen molar-refractivity contribution in [2.45, 2.75) is 6.92 Å². The van der Waals surface area contributed by atoms with Crippen LogP contribution in [0.15, 0.2) is 29.2 Å². The maximum atomic E-state index is 11.7. The van der Waals surface area contributed by atoms with Gasteiger partial charge in [-0.25, -0.2) is 4.98 Å². The number of carbonyl (C=O) groups is 1. The van der Waals surface area contributed by atoms with E-state index in [0.717, 1.165) is 0 Å². The van der Waals surface area contributed by atoms with Crippen LogP contribution in [0.25, 0.3) is 5.65 Å². The summed E-state index contributed by atoms with van der Waals surface area (Å²) >= 11 is 0. The van der Waals surface area contributed by atoms with Crippen molar-refractivity contribution in [3.05, 3.63) is 46.0 Å². The molecule has 2 heterocycles. The van der Waals surface area contributed by atoms with Gasteiger partial charge in [0.05, 0.1) is 5.69 Å². The van der Waals surface area contributed by atoms with Crippen LogP contribution in [0.2, 0.25) is 0 Å². The lowest BCUT2D eigenvalue weighted by Crippen LogP contribution is -2.20. The molecule has 2 aromatic rings. The Morgan fingerprint density at radius 2 is 2.21 bits per heavy atom. The summed E-state index contributed by atoms with van der Waals surface area (Å²) in [5, 5.41) is 0. The third-order valence-corrected chi connectivity index (χ3v) is 2.08. The lowest BCUT2D eigenvalue weighted by Gasteiger charge is -2.02. The summed E-state index contributed by atoms with van der Waals surface area (Å²) in [5.74, 6) is 0. The summed E-state index contributed by atoms with van der Waals surface area (Å²) in [5.41, 5.74) is 0.827. The molecule has 0 bridgehead atoms. The molecule has 0 fully saturated rings. The van der Waals surface area contributed by atoms with E-state index in [1.54, 1.807) is 31.3 Å². The Bertz CT molecular complexity index is 558. The van der Waals surface area contributed by atoms with E-state index in [2.05, 4.69) is 4.98 Å². The van der Waals surface area contributed by atoms with E-state index in [-0.39, 0.29) is 11.1 Å². The summed E-state index contributed by atoms with van der Waals surface area (Å²) in [6.07, 6.45) is 2.14. The number of rotatable bonds is 1. The highest BCUT2D eigenvalue weighted by Crippen LogP contribution is 2.00. The molecule has 0 N–H and O–H groups in total. The van der Waals surface area contributed by atoms with Gasteiger partial charge in [0.15, 0.2) is 6.29 Å². The van der Waals surface area contributed by atoms with Crippen LogP contribution in [0.5, 0.6) is 0 Å². The number of fused-ring (bicyclic) bond motifs is 1. The molecule has 0 radical (unpaired) electrons. The molecule has 14 heavy (non-hydrogen) atoms. The van der Waals surface area contributed by atoms with Crippen LogP contribution in [0.1, 0.15) is 16.1 Å². The first-order chi connectivity index (χ1) is 6.74. The van der Waals surface area contributed by atoms with Crippen LogP contribution in [0, 0.1) is 6.92 Å². The predicted molar refractivity (Wildman–Crippen MR) is 51.6 cm³/mol. The van der Waals surface area contributed by atoms with Gasteiger partial charge in [-0.15, -0.1) is 0 Å². The fraction of sp³-hybridized carbons (Fsp3) is 0.100. The summed E-state index contributed by atoms with van der Waals surface area (Å²) in [6, 6.07) is 5.24. The molecule has 0 aliphatic heterocycles. The SMILES string of the molecule is Cc1nc2ccccn2c(=O)c1C=O. The average Bonchev–Trinajstić information content (AvgIpc) is 2.18. The second kappa shape index (κ2) is 3.06. The van der Waals surface area contributed by atoms with Crippen molar-refractivity contribution in [2.75, 3.05) is 0 Å². The number of aryl methyl sites for hydroxylation is 1. The van der Waals surface area contributed by atoms with Crippen molar-refractivity contribution < 1.29 is 4.79 Å². The smallest absolute Gasteiger partial charge is 0.268 e. The quantitative estimate of drug-likeness (QED) is 0.622. The molecule has 4 nitrogen and oxygen atoms in total. The van der Waals surface area contributed by atoms with Crippen molar-refractivity contribution in [1.29, 1.82) is 0 Å². The largest absolute Gasteiger partial charge is 0.298 e. The molecule has 0 aliphatic rings. The first-order valence-electron chi connectivity index (χ1n) is 4.17. The third kappa shape index (κ3) is 1.12. The minimum absolute atomic E-state index is 0.119. The number of aromatic nitrogens is 2. The van der Waals surface area contributed by atoms with E-state index in [1.165, 1.54) is 4.40 Å². The fourth-order valence-electron chi connectivity index (χ4n) is 1.35. The minimum Gasteiger partial charge on any atom is -0.298 e. The third-order valence-electron chi connectivity index (χ3n) is 2.08. The van der Waals surface area contributed by atoms with Crippen LogP contribution in [0.3, 0.4) is 0 Å². The number of hydrogen-bond donors (Lipinski definition) is 0. The molecule has 2 rings (SSSR count). The molecule has 0 saturated carbocycles. The maximum Gasteiger partial charge on any atom is 0.268 e. The minimum atomic E-state index is -0.317. The zero-order valence-corrected chi connectivity index (χ0v) is 7.60. The highest BCUT2D eigenvalue weighted by atomic mass is 16.1. The van der Waals surface area contributed by atoms with Crippen molar-refractivity contribution in [3.63, 3.8) is 0 Å². The Morgan fingerprint density at radius 3 is 2.93 bits per heavy atom. The Balaban J connectivity index is 3.00. The summed E-state index contributed by atoms with van der Waals surface area (Å²) < 4.78 is 1.36. The molecular formula is C10H8N2O2. The molecule has 0 aliphatic carbocycles.